The zero-order valence-corrected chi connectivity index (χ0v) is 14.4. The lowest BCUT2D eigenvalue weighted by atomic mass is 10.1. The standard InChI is InChI=1S/C18H22N4O3/c1-13-5-10-25-16(13)17(23)22-9-11-24-15(12-22)14-4-6-19-18(20-14)21-7-2-3-8-21/h4-6,10,15H,2-3,7-9,11-12H2,1H3. The molecule has 7 nitrogen and oxygen atoms in total. The third-order valence-corrected chi connectivity index (χ3v) is 4.79. The zero-order valence-electron chi connectivity index (χ0n) is 14.4. The number of furan rings is 1. The first-order chi connectivity index (χ1) is 12.2. The molecule has 1 amide bonds. The number of hydrogen-bond donors (Lipinski definition) is 0. The number of carbonyl (C=O) groups excluding carboxylic acids is 1. The number of nitrogens with zero attached hydrogens (tertiary/aromatic N) is 4. The van der Waals surface area contributed by atoms with E-state index >= 15 is 0 Å². The number of carbonyl (C=O) groups is 1. The van der Waals surface area contributed by atoms with Crippen molar-refractivity contribution in [2.45, 2.75) is 25.9 Å². The molecule has 1 atom stereocenters. The number of morpholine rings is 1. The van der Waals surface area contributed by atoms with Crippen molar-refractivity contribution in [2.75, 3.05) is 37.7 Å². The monoisotopic (exact) mass is 342 g/mol. The van der Waals surface area contributed by atoms with Crippen LogP contribution in [0.1, 0.15) is 40.8 Å². The second-order valence-electron chi connectivity index (χ2n) is 6.52. The largest absolute Gasteiger partial charge is 0.459 e. The predicted molar refractivity (Wildman–Crippen MR) is 91.5 cm³/mol. The molecule has 0 aliphatic carbocycles. The van der Waals surface area contributed by atoms with E-state index in [1.54, 1.807) is 23.4 Å². The molecule has 1 unspecified atom stereocenters. The van der Waals surface area contributed by atoms with Gasteiger partial charge < -0.3 is 19.0 Å². The highest BCUT2D eigenvalue weighted by Crippen LogP contribution is 2.24. The molecule has 132 valence electrons. The summed E-state index contributed by atoms with van der Waals surface area (Å²) >= 11 is 0. The smallest absolute Gasteiger partial charge is 0.290 e. The lowest BCUT2D eigenvalue weighted by Gasteiger charge is -2.32. The van der Waals surface area contributed by atoms with E-state index in [4.69, 9.17) is 9.15 Å². The number of amides is 1. The van der Waals surface area contributed by atoms with Gasteiger partial charge in [0.2, 0.25) is 5.95 Å². The third-order valence-electron chi connectivity index (χ3n) is 4.79. The van der Waals surface area contributed by atoms with Gasteiger partial charge in [0.25, 0.3) is 5.91 Å². The Morgan fingerprint density at radius 3 is 2.84 bits per heavy atom. The van der Waals surface area contributed by atoms with Crippen LogP contribution in [-0.2, 0) is 4.74 Å². The van der Waals surface area contributed by atoms with Crippen molar-refractivity contribution in [3.63, 3.8) is 0 Å². The molecule has 0 aromatic carbocycles. The van der Waals surface area contributed by atoms with Crippen molar-refractivity contribution in [2.24, 2.45) is 0 Å². The minimum Gasteiger partial charge on any atom is -0.459 e. The summed E-state index contributed by atoms with van der Waals surface area (Å²) in [7, 11) is 0. The van der Waals surface area contributed by atoms with Gasteiger partial charge in [0.15, 0.2) is 5.76 Å². The van der Waals surface area contributed by atoms with Gasteiger partial charge in [-0.1, -0.05) is 0 Å². The van der Waals surface area contributed by atoms with E-state index in [1.807, 2.05) is 13.0 Å². The second kappa shape index (κ2) is 6.84. The van der Waals surface area contributed by atoms with Gasteiger partial charge in [0.05, 0.1) is 25.1 Å². The summed E-state index contributed by atoms with van der Waals surface area (Å²) in [6.45, 7) is 5.38. The van der Waals surface area contributed by atoms with E-state index in [2.05, 4.69) is 14.9 Å². The highest BCUT2D eigenvalue weighted by atomic mass is 16.5. The topological polar surface area (TPSA) is 71.7 Å². The molecule has 0 bridgehead atoms. The molecule has 2 aliphatic heterocycles. The van der Waals surface area contributed by atoms with Gasteiger partial charge in [-0.05, 0) is 31.9 Å². The quantitative estimate of drug-likeness (QED) is 0.851. The Kier molecular flexibility index (Phi) is 4.40. The summed E-state index contributed by atoms with van der Waals surface area (Å²) in [5, 5.41) is 0. The molecule has 0 saturated carbocycles. The average Bonchev–Trinajstić information content (AvgIpc) is 3.33. The molecule has 2 fully saturated rings. The van der Waals surface area contributed by atoms with Crippen molar-refractivity contribution < 1.29 is 13.9 Å². The maximum atomic E-state index is 12.7. The Labute approximate surface area is 146 Å². The van der Waals surface area contributed by atoms with Gasteiger partial charge in [-0.25, -0.2) is 9.97 Å². The van der Waals surface area contributed by atoms with Gasteiger partial charge in [-0.3, -0.25) is 4.79 Å². The fourth-order valence-electron chi connectivity index (χ4n) is 3.36. The van der Waals surface area contributed by atoms with Crippen LogP contribution in [0.15, 0.2) is 29.0 Å². The minimum atomic E-state index is -0.239. The van der Waals surface area contributed by atoms with E-state index < -0.39 is 0 Å². The molecule has 4 heterocycles. The highest BCUT2D eigenvalue weighted by Gasteiger charge is 2.29. The zero-order chi connectivity index (χ0) is 17.2. The number of aromatic nitrogens is 2. The summed E-state index contributed by atoms with van der Waals surface area (Å²) in [5.74, 6) is 1.06. The Bertz CT molecular complexity index is 754. The highest BCUT2D eigenvalue weighted by molar-refractivity contribution is 5.92. The Balaban J connectivity index is 1.50. The van der Waals surface area contributed by atoms with Crippen LogP contribution >= 0.6 is 0 Å². The van der Waals surface area contributed by atoms with Crippen LogP contribution in [0.3, 0.4) is 0 Å². The fourth-order valence-corrected chi connectivity index (χ4v) is 3.36. The van der Waals surface area contributed by atoms with Gasteiger partial charge in [-0.15, -0.1) is 0 Å². The van der Waals surface area contributed by atoms with Crippen LogP contribution in [0, 0.1) is 6.92 Å². The summed E-state index contributed by atoms with van der Waals surface area (Å²) < 4.78 is 11.2. The maximum Gasteiger partial charge on any atom is 0.290 e. The first-order valence-corrected chi connectivity index (χ1v) is 8.75. The molecule has 0 N–H and O–H groups in total. The molecule has 2 saturated heterocycles. The summed E-state index contributed by atoms with van der Waals surface area (Å²) in [5.41, 5.74) is 1.68. The number of anilines is 1. The van der Waals surface area contributed by atoms with E-state index in [1.165, 1.54) is 12.8 Å². The second-order valence-corrected chi connectivity index (χ2v) is 6.52. The molecular formula is C18H22N4O3. The van der Waals surface area contributed by atoms with Crippen LogP contribution in [0.4, 0.5) is 5.95 Å². The molecule has 7 heteroatoms. The Hall–Kier alpha value is -2.41. The first-order valence-electron chi connectivity index (χ1n) is 8.75. The molecule has 0 radical (unpaired) electrons. The number of aryl methyl sites for hydroxylation is 1. The van der Waals surface area contributed by atoms with Crippen LogP contribution in [0.25, 0.3) is 0 Å². The molecule has 2 aromatic heterocycles. The lowest BCUT2D eigenvalue weighted by molar-refractivity contribution is -0.0257. The number of rotatable bonds is 3. The summed E-state index contributed by atoms with van der Waals surface area (Å²) in [4.78, 5) is 25.7. The number of hydrogen-bond acceptors (Lipinski definition) is 6. The van der Waals surface area contributed by atoms with Crippen molar-refractivity contribution in [1.82, 2.24) is 14.9 Å². The van der Waals surface area contributed by atoms with Crippen molar-refractivity contribution in [3.05, 3.63) is 41.6 Å². The van der Waals surface area contributed by atoms with Crippen molar-refractivity contribution in [1.29, 1.82) is 0 Å². The van der Waals surface area contributed by atoms with Gasteiger partial charge in [-0.2, -0.15) is 0 Å². The normalized spacial score (nSPS) is 20.9. The van der Waals surface area contributed by atoms with Gasteiger partial charge in [0.1, 0.15) is 6.10 Å². The summed E-state index contributed by atoms with van der Waals surface area (Å²) in [6, 6.07) is 3.67. The average molecular weight is 342 g/mol. The minimum absolute atomic E-state index is 0.0929. The molecular weight excluding hydrogens is 320 g/mol. The van der Waals surface area contributed by atoms with Crippen molar-refractivity contribution in [3.8, 4) is 0 Å². The van der Waals surface area contributed by atoms with E-state index in [0.717, 1.165) is 30.3 Å². The lowest BCUT2D eigenvalue weighted by Crippen LogP contribution is -2.42. The van der Waals surface area contributed by atoms with Crippen LogP contribution < -0.4 is 4.90 Å². The van der Waals surface area contributed by atoms with Crippen molar-refractivity contribution >= 4 is 11.9 Å². The van der Waals surface area contributed by atoms with Crippen LogP contribution in [-0.4, -0.2) is 53.6 Å². The molecule has 4 rings (SSSR count). The Morgan fingerprint density at radius 1 is 1.24 bits per heavy atom. The molecule has 0 spiro atoms. The van der Waals surface area contributed by atoms with E-state index in [9.17, 15) is 4.79 Å². The number of ether oxygens (including phenoxy) is 1. The van der Waals surface area contributed by atoms with Crippen LogP contribution in [0.5, 0.6) is 0 Å². The third kappa shape index (κ3) is 3.24. The van der Waals surface area contributed by atoms with E-state index in [0.29, 0.717) is 25.5 Å². The van der Waals surface area contributed by atoms with Gasteiger partial charge >= 0.3 is 0 Å². The molecule has 2 aliphatic rings. The molecule has 2 aromatic rings. The van der Waals surface area contributed by atoms with E-state index in [-0.39, 0.29) is 12.0 Å². The van der Waals surface area contributed by atoms with Crippen LogP contribution in [0.2, 0.25) is 0 Å². The summed E-state index contributed by atoms with van der Waals surface area (Å²) in [6.07, 6.45) is 5.44. The Morgan fingerprint density at radius 2 is 2.08 bits per heavy atom. The fraction of sp³-hybridized carbons (Fsp3) is 0.500. The maximum absolute atomic E-state index is 12.7. The van der Waals surface area contributed by atoms with Gasteiger partial charge in [0, 0.05) is 31.4 Å². The SMILES string of the molecule is Cc1ccoc1C(=O)N1CCOC(c2ccnc(N3CCCC3)n2)C1. The predicted octanol–water partition coefficient (Wildman–Crippen LogP) is 2.19. The molecule has 25 heavy (non-hydrogen) atoms. The first kappa shape index (κ1) is 16.1.